The van der Waals surface area contributed by atoms with Crippen LogP contribution in [0.1, 0.15) is 38.3 Å². The molecule has 4 rings (SSSR count). The van der Waals surface area contributed by atoms with Crippen LogP contribution in [0, 0.1) is 0 Å². The van der Waals surface area contributed by atoms with Gasteiger partial charge >= 0.3 is 0 Å². The summed E-state index contributed by atoms with van der Waals surface area (Å²) in [6.07, 6.45) is 1.34. The maximum atomic E-state index is 13.0. The summed E-state index contributed by atoms with van der Waals surface area (Å²) in [5.41, 5.74) is 8.17. The molecule has 8 heteroatoms. The van der Waals surface area contributed by atoms with Gasteiger partial charge in [-0.05, 0) is 37.3 Å². The molecule has 0 spiro atoms. The first-order valence-electron chi connectivity index (χ1n) is 9.09. The first kappa shape index (κ1) is 19.0. The number of carbonyl (C=O) groups is 3. The molecule has 0 unspecified atom stereocenters. The molecule has 2 aromatic heterocycles. The van der Waals surface area contributed by atoms with Crippen LogP contribution in [0.4, 0.5) is 5.69 Å². The third kappa shape index (κ3) is 3.53. The summed E-state index contributed by atoms with van der Waals surface area (Å²) in [7, 11) is 0. The van der Waals surface area contributed by atoms with Crippen LogP contribution in [-0.2, 0) is 0 Å². The van der Waals surface area contributed by atoms with Crippen molar-refractivity contribution in [3.05, 3.63) is 83.9 Å². The molecule has 148 valence electrons. The molecule has 3 N–H and O–H groups in total. The number of rotatable bonds is 5. The van der Waals surface area contributed by atoms with E-state index in [1.54, 1.807) is 30.3 Å². The van der Waals surface area contributed by atoms with Crippen LogP contribution in [0.3, 0.4) is 0 Å². The second-order valence-corrected chi connectivity index (χ2v) is 6.63. The molecule has 2 amide bonds. The molecule has 4 aromatic rings. The zero-order chi connectivity index (χ0) is 21.3. The molecule has 0 saturated heterocycles. The normalized spacial score (nSPS) is 10.7. The Balaban J connectivity index is 1.79. The van der Waals surface area contributed by atoms with Crippen LogP contribution in [0.2, 0.25) is 0 Å². The number of nitrogens with one attached hydrogen (secondary N) is 1. The standard InChI is InChI=1S/C22H17N5O3/c1-13(28)14-7-9-16(10-8-14)25-22(30)18-11-17(15-5-3-2-4-6-15)26-21-19(20(23)29)24-12-27(18)21/h2-12H,1H3,(H2,23,29)(H,25,30). The number of nitrogens with zero attached hydrogens (tertiary/aromatic N) is 3. The fourth-order valence-electron chi connectivity index (χ4n) is 3.06. The highest BCUT2D eigenvalue weighted by Gasteiger charge is 2.19. The summed E-state index contributed by atoms with van der Waals surface area (Å²) in [6.45, 7) is 1.47. The topological polar surface area (TPSA) is 119 Å². The Labute approximate surface area is 171 Å². The third-order valence-electron chi connectivity index (χ3n) is 4.59. The molecule has 8 nitrogen and oxygen atoms in total. The Kier molecular flexibility index (Phi) is 4.81. The Morgan fingerprint density at radius 3 is 2.33 bits per heavy atom. The van der Waals surface area contributed by atoms with Gasteiger partial charge in [0.2, 0.25) is 0 Å². The molecule has 0 fully saturated rings. The van der Waals surface area contributed by atoms with E-state index in [1.165, 1.54) is 17.7 Å². The first-order chi connectivity index (χ1) is 14.4. The number of ketones is 1. The van der Waals surface area contributed by atoms with Gasteiger partial charge in [-0.3, -0.25) is 18.8 Å². The van der Waals surface area contributed by atoms with E-state index in [0.29, 0.717) is 16.9 Å². The van der Waals surface area contributed by atoms with Crippen LogP contribution in [0.15, 0.2) is 67.0 Å². The maximum Gasteiger partial charge on any atom is 0.272 e. The number of hydrogen-bond acceptors (Lipinski definition) is 5. The van der Waals surface area contributed by atoms with Crippen molar-refractivity contribution in [2.45, 2.75) is 6.92 Å². The van der Waals surface area contributed by atoms with Crippen molar-refractivity contribution in [3.8, 4) is 11.3 Å². The molecule has 0 radical (unpaired) electrons. The molecule has 0 aliphatic carbocycles. The highest BCUT2D eigenvalue weighted by molar-refractivity contribution is 6.05. The van der Waals surface area contributed by atoms with Crippen molar-refractivity contribution in [1.82, 2.24) is 14.4 Å². The van der Waals surface area contributed by atoms with Gasteiger partial charge < -0.3 is 11.1 Å². The summed E-state index contributed by atoms with van der Waals surface area (Å²) in [5, 5.41) is 2.79. The number of benzene rings is 2. The lowest BCUT2D eigenvalue weighted by atomic mass is 10.1. The number of nitrogens with two attached hydrogens (primary N) is 1. The molecule has 30 heavy (non-hydrogen) atoms. The summed E-state index contributed by atoms with van der Waals surface area (Å²) >= 11 is 0. The van der Waals surface area contributed by atoms with Crippen molar-refractivity contribution < 1.29 is 14.4 Å². The van der Waals surface area contributed by atoms with Gasteiger partial charge in [0.1, 0.15) is 12.0 Å². The van der Waals surface area contributed by atoms with Crippen LogP contribution in [0.5, 0.6) is 0 Å². The molecule has 0 bridgehead atoms. The molecule has 0 aliphatic rings. The smallest absolute Gasteiger partial charge is 0.272 e. The van der Waals surface area contributed by atoms with Gasteiger partial charge in [0.15, 0.2) is 17.1 Å². The van der Waals surface area contributed by atoms with Crippen molar-refractivity contribution in [2.75, 3.05) is 5.32 Å². The Morgan fingerprint density at radius 2 is 1.70 bits per heavy atom. The predicted molar refractivity (Wildman–Crippen MR) is 111 cm³/mol. The van der Waals surface area contributed by atoms with Crippen LogP contribution < -0.4 is 11.1 Å². The number of amides is 2. The van der Waals surface area contributed by atoms with E-state index in [4.69, 9.17) is 5.73 Å². The third-order valence-corrected chi connectivity index (χ3v) is 4.59. The van der Waals surface area contributed by atoms with E-state index in [1.807, 2.05) is 30.3 Å². The number of Topliss-reactive ketones (excluding diaryl/α,β-unsaturated/α-hetero) is 1. The Hall–Kier alpha value is -4.33. The van der Waals surface area contributed by atoms with Gasteiger partial charge in [0, 0.05) is 16.8 Å². The largest absolute Gasteiger partial charge is 0.364 e. The minimum absolute atomic E-state index is 0.0207. The second-order valence-electron chi connectivity index (χ2n) is 6.63. The minimum Gasteiger partial charge on any atom is -0.364 e. The molecular formula is C22H17N5O3. The fraction of sp³-hybridized carbons (Fsp3) is 0.0455. The quantitative estimate of drug-likeness (QED) is 0.500. The van der Waals surface area contributed by atoms with Gasteiger partial charge in [-0.1, -0.05) is 30.3 Å². The van der Waals surface area contributed by atoms with Gasteiger partial charge in [-0.15, -0.1) is 0 Å². The van der Waals surface area contributed by atoms with Crippen LogP contribution in [0.25, 0.3) is 16.9 Å². The van der Waals surface area contributed by atoms with Gasteiger partial charge in [-0.25, -0.2) is 9.97 Å². The van der Waals surface area contributed by atoms with E-state index in [9.17, 15) is 14.4 Å². The zero-order valence-corrected chi connectivity index (χ0v) is 16.0. The molecule has 2 heterocycles. The molecular weight excluding hydrogens is 382 g/mol. The first-order valence-corrected chi connectivity index (χ1v) is 9.09. The second kappa shape index (κ2) is 7.59. The molecule has 0 aliphatic heterocycles. The average Bonchev–Trinajstić information content (AvgIpc) is 3.18. The number of anilines is 1. The summed E-state index contributed by atoms with van der Waals surface area (Å²) < 4.78 is 1.42. The van der Waals surface area contributed by atoms with Crippen molar-refractivity contribution in [3.63, 3.8) is 0 Å². The van der Waals surface area contributed by atoms with Crippen LogP contribution in [-0.4, -0.2) is 32.0 Å². The lowest BCUT2D eigenvalue weighted by molar-refractivity contribution is 0.0992. The molecule has 0 atom stereocenters. The Bertz CT molecular complexity index is 1280. The van der Waals surface area contributed by atoms with E-state index >= 15 is 0 Å². The van der Waals surface area contributed by atoms with Gasteiger partial charge in [0.25, 0.3) is 11.8 Å². The van der Waals surface area contributed by atoms with Gasteiger partial charge in [-0.2, -0.15) is 0 Å². The highest BCUT2D eigenvalue weighted by Crippen LogP contribution is 2.22. The number of carbonyl (C=O) groups excluding carboxylic acids is 3. The van der Waals surface area contributed by atoms with E-state index in [-0.39, 0.29) is 22.8 Å². The lowest BCUT2D eigenvalue weighted by Crippen LogP contribution is -2.17. The zero-order valence-electron chi connectivity index (χ0n) is 16.0. The fourth-order valence-corrected chi connectivity index (χ4v) is 3.06. The Morgan fingerprint density at radius 1 is 1.00 bits per heavy atom. The molecule has 2 aromatic carbocycles. The van der Waals surface area contributed by atoms with Crippen molar-refractivity contribution in [2.24, 2.45) is 5.73 Å². The predicted octanol–water partition coefficient (Wildman–Crippen LogP) is 2.95. The lowest BCUT2D eigenvalue weighted by Gasteiger charge is -2.10. The van der Waals surface area contributed by atoms with E-state index in [0.717, 1.165) is 5.56 Å². The van der Waals surface area contributed by atoms with Gasteiger partial charge in [0.05, 0.1) is 5.69 Å². The number of primary amides is 1. The monoisotopic (exact) mass is 399 g/mol. The summed E-state index contributed by atoms with van der Waals surface area (Å²) in [5.74, 6) is -1.22. The van der Waals surface area contributed by atoms with Crippen molar-refractivity contribution >= 4 is 28.9 Å². The number of imidazole rings is 1. The number of fused-ring (bicyclic) bond motifs is 1. The average molecular weight is 399 g/mol. The van der Waals surface area contributed by atoms with E-state index < -0.39 is 11.8 Å². The summed E-state index contributed by atoms with van der Waals surface area (Å²) in [6, 6.07) is 17.5. The van der Waals surface area contributed by atoms with Crippen LogP contribution >= 0.6 is 0 Å². The van der Waals surface area contributed by atoms with E-state index in [2.05, 4.69) is 15.3 Å². The van der Waals surface area contributed by atoms with Crippen molar-refractivity contribution in [1.29, 1.82) is 0 Å². The molecule has 0 saturated carbocycles. The number of aromatic nitrogens is 3. The SMILES string of the molecule is CC(=O)c1ccc(NC(=O)c2cc(-c3ccccc3)nc3c(C(N)=O)ncn23)cc1. The summed E-state index contributed by atoms with van der Waals surface area (Å²) in [4.78, 5) is 44.7. The number of hydrogen-bond donors (Lipinski definition) is 2. The minimum atomic E-state index is -0.735. The highest BCUT2D eigenvalue weighted by atomic mass is 16.2. The maximum absolute atomic E-state index is 13.0.